The Kier molecular flexibility index (Phi) is 2.72. The van der Waals surface area contributed by atoms with E-state index in [1.54, 1.807) is 0 Å². The van der Waals surface area contributed by atoms with E-state index in [0.29, 0.717) is 4.57 Å². The first kappa shape index (κ1) is 11.9. The fraction of sp³-hybridized carbons (Fsp3) is 0. The monoisotopic (exact) mass is 668 g/mol. The molecule has 0 aliphatic heterocycles. The van der Waals surface area contributed by atoms with Crippen molar-refractivity contribution in [3.05, 3.63) is 169 Å². The fourth-order valence-electron chi connectivity index (χ4n) is 5.40. The number of hydrogen-bond acceptors (Lipinski definition) is 4. The van der Waals surface area contributed by atoms with E-state index in [0.717, 1.165) is 0 Å². The van der Waals surface area contributed by atoms with Crippen molar-refractivity contribution >= 4 is 43.7 Å². The first-order valence-electron chi connectivity index (χ1n) is 28.4. The Hall–Kier alpha value is -6.85. The van der Waals surface area contributed by atoms with Crippen molar-refractivity contribution in [2.24, 2.45) is 0 Å². The van der Waals surface area contributed by atoms with Crippen molar-refractivity contribution < 1.29 is 42.8 Å². The summed E-state index contributed by atoms with van der Waals surface area (Å²) in [6, 6.07) is -25.7. The van der Waals surface area contributed by atoms with Gasteiger partial charge in [-0.15, -0.1) is 0 Å². The van der Waals surface area contributed by atoms with E-state index in [4.69, 9.17) is 30.5 Å². The zero-order chi connectivity index (χ0) is 57.4. The van der Waals surface area contributed by atoms with Gasteiger partial charge in [0.25, 0.3) is 0 Å². The molecule has 50 heavy (non-hydrogen) atoms. The van der Waals surface area contributed by atoms with Crippen LogP contribution in [0.15, 0.2) is 174 Å². The maximum absolute atomic E-state index is 9.97. The molecule has 0 fully saturated rings. The van der Waals surface area contributed by atoms with Crippen molar-refractivity contribution in [3.63, 3.8) is 0 Å². The lowest BCUT2D eigenvalue weighted by Gasteiger charge is -2.12. The highest BCUT2D eigenvalue weighted by Crippen LogP contribution is 2.39. The molecule has 3 heterocycles. The number of furan rings is 1. The first-order valence-corrected chi connectivity index (χ1v) is 14.4. The standard InChI is InChI=1S/C45H28N4O/c1-3-13-29(14-4-1)43-46-44(30-15-5-2-6-16-30)48-45(47-43)32-25-26-36-35-19-7-9-22-38(35)49(39(36)28-32)33-18-11-17-31(27-33)34-21-12-24-41-42(34)37-20-8-10-23-40(37)50-41/h1-28H/i1D,2D,3D,4D,5D,6D,7D,8D,9D,10D,11D,12D,13D,14D,15D,16D,17D,18D,19D,20D,21D,22D,23D,24D,25D,26D,27D,28D. The number of hydrogen-bond donors (Lipinski definition) is 0. The average molecular weight is 669 g/mol. The third kappa shape index (κ3) is 4.60. The second-order valence-electron chi connectivity index (χ2n) is 10.3. The zero-order valence-corrected chi connectivity index (χ0v) is 24.7. The van der Waals surface area contributed by atoms with Gasteiger partial charge in [-0.05, 0) is 47.4 Å². The van der Waals surface area contributed by atoms with Gasteiger partial charge in [0.1, 0.15) is 11.2 Å². The quantitative estimate of drug-likeness (QED) is 0.183. The van der Waals surface area contributed by atoms with Crippen LogP contribution in [0.5, 0.6) is 0 Å². The van der Waals surface area contributed by atoms with Gasteiger partial charge in [-0.2, -0.15) is 0 Å². The van der Waals surface area contributed by atoms with E-state index in [1.165, 1.54) is 0 Å². The Labute approximate surface area is 327 Å². The van der Waals surface area contributed by atoms with E-state index in [9.17, 15) is 12.3 Å². The highest BCUT2D eigenvalue weighted by Gasteiger charge is 2.18. The molecule has 0 bridgehead atoms. The molecule has 3 aromatic heterocycles. The van der Waals surface area contributed by atoms with E-state index in [-0.39, 0.29) is 0 Å². The molecule has 0 atom stereocenters. The summed E-state index contributed by atoms with van der Waals surface area (Å²) >= 11 is 0. The van der Waals surface area contributed by atoms with Crippen LogP contribution in [-0.2, 0) is 0 Å². The number of rotatable bonds is 5. The van der Waals surface area contributed by atoms with Crippen LogP contribution in [-0.4, -0.2) is 19.5 Å². The minimum absolute atomic E-state index is 0.468. The summed E-state index contributed by atoms with van der Waals surface area (Å²) < 4.78 is 255. The molecule has 0 saturated heterocycles. The summed E-state index contributed by atoms with van der Waals surface area (Å²) in [6.07, 6.45) is 0. The van der Waals surface area contributed by atoms with Crippen LogP contribution in [0.3, 0.4) is 0 Å². The number of aromatic nitrogens is 4. The molecule has 0 aliphatic rings. The summed E-state index contributed by atoms with van der Waals surface area (Å²) in [5, 5.41) is -2.19. The second kappa shape index (κ2) is 11.4. The van der Waals surface area contributed by atoms with Gasteiger partial charge in [0.15, 0.2) is 17.5 Å². The Morgan fingerprint density at radius 3 is 1.76 bits per heavy atom. The SMILES string of the molecule is [2H]c1c([2H])c([2H])c(-c2nc(-c3c([2H])c([2H])c([2H])c([2H])c3[2H])nc(-c3c([2H])c([2H])c4c5c([2H])c([2H])c([2H])c([2H])c5n(-c5c([2H])c([2H])c([2H])c(-c6c([2H])c([2H])c([2H])c7oc8c([2H])c([2H])c([2H])c([2H])c8c67)c5[2H])c4c3[2H])n2)c([2H])c1[2H]. The van der Waals surface area contributed by atoms with Gasteiger partial charge in [0, 0.05) is 43.9 Å². The van der Waals surface area contributed by atoms with Crippen LogP contribution < -0.4 is 0 Å². The Morgan fingerprint density at radius 2 is 1.00 bits per heavy atom. The largest absolute Gasteiger partial charge is 0.456 e. The lowest BCUT2D eigenvalue weighted by molar-refractivity contribution is 0.669. The Balaban J connectivity index is 1.42. The van der Waals surface area contributed by atoms with Crippen molar-refractivity contribution in [1.29, 1.82) is 0 Å². The molecular formula is C45H28N4O. The van der Waals surface area contributed by atoms with E-state index in [2.05, 4.69) is 15.0 Å². The maximum atomic E-state index is 9.97. The lowest BCUT2D eigenvalue weighted by atomic mass is 9.99. The minimum atomic E-state index is -1.07. The molecular weight excluding hydrogens is 613 g/mol. The summed E-state index contributed by atoms with van der Waals surface area (Å²) in [5.74, 6) is -2.60. The molecule has 234 valence electrons. The maximum Gasteiger partial charge on any atom is 0.164 e. The van der Waals surface area contributed by atoms with Gasteiger partial charge in [0.05, 0.1) is 49.4 Å². The van der Waals surface area contributed by atoms with Crippen molar-refractivity contribution in [2.75, 3.05) is 0 Å². The van der Waals surface area contributed by atoms with E-state index >= 15 is 0 Å². The van der Waals surface area contributed by atoms with Gasteiger partial charge in [-0.25, -0.2) is 15.0 Å². The second-order valence-corrected chi connectivity index (χ2v) is 10.3. The highest BCUT2D eigenvalue weighted by atomic mass is 16.3. The summed E-state index contributed by atoms with van der Waals surface area (Å²) in [7, 11) is 0. The Morgan fingerprint density at radius 1 is 0.420 bits per heavy atom. The molecule has 10 rings (SSSR count). The van der Waals surface area contributed by atoms with Gasteiger partial charge in [0.2, 0.25) is 0 Å². The molecule has 7 aromatic carbocycles. The summed E-state index contributed by atoms with van der Waals surface area (Å²) in [5.41, 5.74) is -7.39. The molecule has 0 spiro atoms. The highest BCUT2D eigenvalue weighted by molar-refractivity contribution is 6.13. The number of para-hydroxylation sites is 2. The topological polar surface area (TPSA) is 56.7 Å². The van der Waals surface area contributed by atoms with Crippen LogP contribution >= 0.6 is 0 Å². The van der Waals surface area contributed by atoms with Crippen LogP contribution in [0.1, 0.15) is 38.4 Å². The smallest absolute Gasteiger partial charge is 0.164 e. The predicted octanol–water partition coefficient (Wildman–Crippen LogP) is 11.5. The Bertz CT molecular complexity index is 4350. The minimum Gasteiger partial charge on any atom is -0.456 e. The molecule has 5 heteroatoms. The van der Waals surface area contributed by atoms with Crippen molar-refractivity contribution in [1.82, 2.24) is 19.5 Å². The number of fused-ring (bicyclic) bond motifs is 6. The zero-order valence-electron chi connectivity index (χ0n) is 52.7. The molecule has 0 amide bonds. The number of nitrogens with zero attached hydrogens (tertiary/aromatic N) is 4. The van der Waals surface area contributed by atoms with E-state index < -0.39 is 264 Å². The van der Waals surface area contributed by atoms with Crippen LogP contribution in [0.2, 0.25) is 0 Å². The van der Waals surface area contributed by atoms with Crippen LogP contribution in [0, 0.1) is 0 Å². The molecule has 5 nitrogen and oxygen atoms in total. The predicted molar refractivity (Wildman–Crippen MR) is 203 cm³/mol. The fourth-order valence-corrected chi connectivity index (χ4v) is 5.40. The van der Waals surface area contributed by atoms with Gasteiger partial charge < -0.3 is 8.98 Å². The molecule has 0 N–H and O–H groups in total. The summed E-state index contributed by atoms with van der Waals surface area (Å²) in [6.45, 7) is 0. The van der Waals surface area contributed by atoms with Gasteiger partial charge in [-0.1, -0.05) is 133 Å². The number of benzene rings is 7. The first-order chi connectivity index (χ1) is 36.4. The third-order valence-corrected chi connectivity index (χ3v) is 7.50. The van der Waals surface area contributed by atoms with Crippen LogP contribution in [0.4, 0.5) is 0 Å². The third-order valence-electron chi connectivity index (χ3n) is 7.50. The molecule has 10 aromatic rings. The van der Waals surface area contributed by atoms with Gasteiger partial charge >= 0.3 is 0 Å². The lowest BCUT2D eigenvalue weighted by Crippen LogP contribution is -2.00. The van der Waals surface area contributed by atoms with E-state index in [1.807, 2.05) is 0 Å². The summed E-state index contributed by atoms with van der Waals surface area (Å²) in [4.78, 5) is 12.8. The van der Waals surface area contributed by atoms with Crippen molar-refractivity contribution in [3.8, 4) is 51.0 Å². The molecule has 0 radical (unpaired) electrons. The van der Waals surface area contributed by atoms with Gasteiger partial charge in [-0.3, -0.25) is 0 Å². The van der Waals surface area contributed by atoms with Crippen LogP contribution in [0.25, 0.3) is 94.7 Å². The molecule has 0 aliphatic carbocycles. The normalized spacial score (nSPS) is 19.4. The molecule has 0 saturated carbocycles. The average Bonchev–Trinajstić information content (AvgIpc) is 3.95. The molecule has 0 unspecified atom stereocenters. The van der Waals surface area contributed by atoms with Crippen molar-refractivity contribution in [2.45, 2.75) is 0 Å².